The number of hydrogen-bond acceptors (Lipinski definition) is 2. The summed E-state index contributed by atoms with van der Waals surface area (Å²) < 4.78 is 0. The molecule has 2 heteroatoms. The van der Waals surface area contributed by atoms with Crippen molar-refractivity contribution >= 4 is 11.3 Å². The standard InChI is InChI=1S/C18H25NS/c1-5-16(19-6-2)18-12-11-17(20-18)15-10-8-7-9-14(15)13(3)4/h7-13,16,19H,5-6H2,1-4H3. The summed E-state index contributed by atoms with van der Waals surface area (Å²) in [6.07, 6.45) is 1.14. The summed E-state index contributed by atoms with van der Waals surface area (Å²) in [6, 6.07) is 13.8. The van der Waals surface area contributed by atoms with E-state index in [-0.39, 0.29) is 0 Å². The van der Waals surface area contributed by atoms with Crippen LogP contribution in [0.4, 0.5) is 0 Å². The molecule has 1 nitrogen and oxygen atoms in total. The Hall–Kier alpha value is -1.12. The van der Waals surface area contributed by atoms with Crippen LogP contribution in [0.1, 0.15) is 56.5 Å². The summed E-state index contributed by atoms with van der Waals surface area (Å²) in [7, 11) is 0. The first kappa shape index (κ1) is 15.3. The van der Waals surface area contributed by atoms with Crippen LogP contribution < -0.4 is 5.32 Å². The van der Waals surface area contributed by atoms with Gasteiger partial charge in [0.1, 0.15) is 0 Å². The number of rotatable bonds is 6. The minimum Gasteiger partial charge on any atom is -0.310 e. The van der Waals surface area contributed by atoms with Crippen LogP contribution in [-0.4, -0.2) is 6.54 Å². The maximum atomic E-state index is 3.56. The number of benzene rings is 1. The molecule has 0 aliphatic rings. The molecule has 0 aliphatic heterocycles. The molecule has 1 aromatic heterocycles. The van der Waals surface area contributed by atoms with Crippen molar-refractivity contribution in [3.05, 3.63) is 46.8 Å². The predicted octanol–water partition coefficient (Wildman–Crippen LogP) is 5.60. The van der Waals surface area contributed by atoms with Gasteiger partial charge in [0, 0.05) is 15.8 Å². The van der Waals surface area contributed by atoms with Crippen LogP contribution in [-0.2, 0) is 0 Å². The fourth-order valence-electron chi connectivity index (χ4n) is 2.60. The lowest BCUT2D eigenvalue weighted by Crippen LogP contribution is -2.18. The molecule has 1 unspecified atom stereocenters. The van der Waals surface area contributed by atoms with Gasteiger partial charge in [0.25, 0.3) is 0 Å². The van der Waals surface area contributed by atoms with E-state index in [9.17, 15) is 0 Å². The third-order valence-electron chi connectivity index (χ3n) is 3.68. The van der Waals surface area contributed by atoms with Crippen molar-refractivity contribution in [2.75, 3.05) is 6.54 Å². The Morgan fingerprint density at radius 1 is 1.05 bits per heavy atom. The van der Waals surface area contributed by atoms with Gasteiger partial charge in [-0.3, -0.25) is 0 Å². The molecular formula is C18H25NS. The Bertz CT molecular complexity index is 542. The highest BCUT2D eigenvalue weighted by Crippen LogP contribution is 2.36. The molecule has 2 rings (SSSR count). The van der Waals surface area contributed by atoms with Crippen molar-refractivity contribution < 1.29 is 0 Å². The van der Waals surface area contributed by atoms with Gasteiger partial charge in [-0.05, 0) is 42.1 Å². The maximum absolute atomic E-state index is 3.56. The molecule has 0 saturated heterocycles. The van der Waals surface area contributed by atoms with E-state index < -0.39 is 0 Å². The smallest absolute Gasteiger partial charge is 0.0412 e. The van der Waals surface area contributed by atoms with Crippen molar-refractivity contribution in [2.24, 2.45) is 0 Å². The van der Waals surface area contributed by atoms with Gasteiger partial charge in [-0.1, -0.05) is 52.0 Å². The normalized spacial score (nSPS) is 12.8. The summed E-state index contributed by atoms with van der Waals surface area (Å²) in [5, 5.41) is 3.56. The van der Waals surface area contributed by atoms with E-state index in [2.05, 4.69) is 69.4 Å². The molecule has 0 saturated carbocycles. The highest BCUT2D eigenvalue weighted by atomic mass is 32.1. The Morgan fingerprint density at radius 3 is 2.45 bits per heavy atom. The lowest BCUT2D eigenvalue weighted by Gasteiger charge is -2.14. The van der Waals surface area contributed by atoms with Gasteiger partial charge >= 0.3 is 0 Å². The van der Waals surface area contributed by atoms with Gasteiger partial charge in [-0.25, -0.2) is 0 Å². The highest BCUT2D eigenvalue weighted by molar-refractivity contribution is 7.15. The minimum absolute atomic E-state index is 0.491. The van der Waals surface area contributed by atoms with Crippen molar-refractivity contribution in [1.29, 1.82) is 0 Å². The molecule has 20 heavy (non-hydrogen) atoms. The second-order valence-electron chi connectivity index (χ2n) is 5.46. The fourth-order valence-corrected chi connectivity index (χ4v) is 3.82. The molecule has 0 fully saturated rings. The van der Waals surface area contributed by atoms with Gasteiger partial charge in [0.05, 0.1) is 0 Å². The maximum Gasteiger partial charge on any atom is 0.0412 e. The topological polar surface area (TPSA) is 12.0 Å². The van der Waals surface area contributed by atoms with Gasteiger partial charge in [0.2, 0.25) is 0 Å². The highest BCUT2D eigenvalue weighted by Gasteiger charge is 2.14. The van der Waals surface area contributed by atoms with E-state index in [0.29, 0.717) is 12.0 Å². The molecule has 1 N–H and O–H groups in total. The van der Waals surface area contributed by atoms with Gasteiger partial charge in [0.15, 0.2) is 0 Å². The van der Waals surface area contributed by atoms with E-state index >= 15 is 0 Å². The first-order chi connectivity index (χ1) is 9.67. The Balaban J connectivity index is 2.33. The number of nitrogens with one attached hydrogen (secondary N) is 1. The van der Waals surface area contributed by atoms with Crippen molar-refractivity contribution in [2.45, 2.75) is 46.1 Å². The van der Waals surface area contributed by atoms with E-state index in [1.54, 1.807) is 0 Å². The number of hydrogen-bond donors (Lipinski definition) is 1. The average Bonchev–Trinajstić information content (AvgIpc) is 2.94. The molecule has 108 valence electrons. The van der Waals surface area contributed by atoms with Gasteiger partial charge < -0.3 is 5.32 Å². The first-order valence-electron chi connectivity index (χ1n) is 7.59. The average molecular weight is 287 g/mol. The second kappa shape index (κ2) is 7.05. The minimum atomic E-state index is 0.491. The van der Waals surface area contributed by atoms with Crippen LogP contribution in [0.15, 0.2) is 36.4 Å². The van der Waals surface area contributed by atoms with E-state index in [0.717, 1.165) is 13.0 Å². The first-order valence-corrected chi connectivity index (χ1v) is 8.41. The van der Waals surface area contributed by atoms with Crippen LogP contribution in [0.5, 0.6) is 0 Å². The van der Waals surface area contributed by atoms with Crippen molar-refractivity contribution in [1.82, 2.24) is 5.32 Å². The molecule has 1 atom stereocenters. The van der Waals surface area contributed by atoms with E-state index in [4.69, 9.17) is 0 Å². The molecule has 0 spiro atoms. The number of thiophene rings is 1. The Labute approximate surface area is 127 Å². The Kier molecular flexibility index (Phi) is 5.38. The largest absolute Gasteiger partial charge is 0.310 e. The Morgan fingerprint density at radius 2 is 1.80 bits per heavy atom. The van der Waals surface area contributed by atoms with E-state index in [1.165, 1.54) is 20.9 Å². The predicted molar refractivity (Wildman–Crippen MR) is 90.6 cm³/mol. The molecule has 0 bridgehead atoms. The lowest BCUT2D eigenvalue weighted by molar-refractivity contribution is 0.545. The van der Waals surface area contributed by atoms with Crippen molar-refractivity contribution in [3.8, 4) is 10.4 Å². The van der Waals surface area contributed by atoms with Crippen LogP contribution in [0.2, 0.25) is 0 Å². The zero-order valence-electron chi connectivity index (χ0n) is 12.9. The van der Waals surface area contributed by atoms with E-state index in [1.807, 2.05) is 11.3 Å². The fraction of sp³-hybridized carbons (Fsp3) is 0.444. The van der Waals surface area contributed by atoms with Crippen LogP contribution in [0.25, 0.3) is 10.4 Å². The SMILES string of the molecule is CCNC(CC)c1ccc(-c2ccccc2C(C)C)s1. The van der Waals surface area contributed by atoms with Crippen LogP contribution in [0.3, 0.4) is 0 Å². The summed E-state index contributed by atoms with van der Waals surface area (Å²) in [5.74, 6) is 0.562. The molecule has 2 aromatic rings. The monoisotopic (exact) mass is 287 g/mol. The summed E-state index contributed by atoms with van der Waals surface area (Å²) in [4.78, 5) is 2.84. The second-order valence-corrected chi connectivity index (χ2v) is 6.58. The lowest BCUT2D eigenvalue weighted by atomic mass is 9.96. The van der Waals surface area contributed by atoms with Gasteiger partial charge in [-0.2, -0.15) is 0 Å². The van der Waals surface area contributed by atoms with Crippen LogP contribution >= 0.6 is 11.3 Å². The molecule has 1 heterocycles. The quantitative estimate of drug-likeness (QED) is 0.729. The summed E-state index contributed by atoms with van der Waals surface area (Å²) in [6.45, 7) is 9.97. The summed E-state index contributed by atoms with van der Waals surface area (Å²) >= 11 is 1.93. The third kappa shape index (κ3) is 3.31. The zero-order chi connectivity index (χ0) is 14.5. The molecular weight excluding hydrogens is 262 g/mol. The van der Waals surface area contributed by atoms with Crippen molar-refractivity contribution in [3.63, 3.8) is 0 Å². The van der Waals surface area contributed by atoms with Crippen LogP contribution in [0, 0.1) is 0 Å². The zero-order valence-corrected chi connectivity index (χ0v) is 13.8. The summed E-state index contributed by atoms with van der Waals surface area (Å²) in [5.41, 5.74) is 2.84. The molecule has 0 aliphatic carbocycles. The van der Waals surface area contributed by atoms with Gasteiger partial charge in [-0.15, -0.1) is 11.3 Å². The molecule has 1 aromatic carbocycles. The molecule has 0 amide bonds. The third-order valence-corrected chi connectivity index (χ3v) is 4.91. The molecule has 0 radical (unpaired) electrons.